The van der Waals surface area contributed by atoms with Gasteiger partial charge in [-0.05, 0) is 26.0 Å². The Morgan fingerprint density at radius 3 is 2.91 bits per heavy atom. The fourth-order valence-corrected chi connectivity index (χ4v) is 2.72. The van der Waals surface area contributed by atoms with Crippen LogP contribution in [-0.4, -0.2) is 22.5 Å². The van der Waals surface area contributed by atoms with E-state index in [1.807, 2.05) is 32.0 Å². The van der Waals surface area contributed by atoms with Gasteiger partial charge in [-0.3, -0.25) is 5.41 Å². The van der Waals surface area contributed by atoms with Crippen LogP contribution in [0.15, 0.2) is 24.3 Å². The minimum atomic E-state index is -0.352. The highest BCUT2D eigenvalue weighted by Gasteiger charge is 2.30. The van der Waals surface area contributed by atoms with Crippen LogP contribution < -0.4 is 10.2 Å². The van der Waals surface area contributed by atoms with Crippen LogP contribution in [0.5, 0.6) is 5.75 Å². The van der Waals surface area contributed by atoms with Gasteiger partial charge >= 0.3 is 0 Å². The Morgan fingerprint density at radius 2 is 2.22 bits per heavy atom. The lowest BCUT2D eigenvalue weighted by Crippen LogP contribution is -2.37. The number of ether oxygens (including phenoxy) is 2. The fourth-order valence-electron chi connectivity index (χ4n) is 2.72. The molecule has 0 radical (unpaired) electrons. The number of rotatable bonds is 2. The summed E-state index contributed by atoms with van der Waals surface area (Å²) in [6.07, 6.45) is 0.572. The number of nitriles is 1. The summed E-state index contributed by atoms with van der Waals surface area (Å²) < 4.78 is 12.5. The minimum absolute atomic E-state index is 0.0807. The Kier molecular flexibility index (Phi) is 3.66. The Balaban J connectivity index is 2.21. The van der Waals surface area contributed by atoms with Crippen LogP contribution >= 0.6 is 0 Å². The summed E-state index contributed by atoms with van der Waals surface area (Å²) in [6.45, 7) is 4.29. The van der Waals surface area contributed by atoms with Crippen LogP contribution in [0.1, 0.15) is 30.7 Å². The molecule has 1 aromatic heterocycles. The van der Waals surface area contributed by atoms with E-state index in [1.54, 1.807) is 13.2 Å². The van der Waals surface area contributed by atoms with E-state index in [-0.39, 0.29) is 11.1 Å². The summed E-state index contributed by atoms with van der Waals surface area (Å²) in [7, 11) is 1.59. The van der Waals surface area contributed by atoms with Gasteiger partial charge in [0.25, 0.3) is 0 Å². The topological polar surface area (TPSA) is 83.9 Å². The van der Waals surface area contributed by atoms with Gasteiger partial charge in [-0.1, -0.05) is 6.07 Å². The summed E-state index contributed by atoms with van der Waals surface area (Å²) in [5, 5.41) is 22.4. The Labute approximate surface area is 134 Å². The van der Waals surface area contributed by atoms with Crippen molar-refractivity contribution in [2.45, 2.75) is 32.5 Å². The molecule has 0 aliphatic carbocycles. The maximum Gasteiger partial charge on any atom is 0.164 e. The average molecular weight is 310 g/mol. The van der Waals surface area contributed by atoms with Crippen molar-refractivity contribution in [1.82, 2.24) is 9.78 Å². The molecular weight excluding hydrogens is 292 g/mol. The lowest BCUT2D eigenvalue weighted by Gasteiger charge is -2.31. The monoisotopic (exact) mass is 310 g/mol. The number of aromatic nitrogens is 2. The molecule has 0 atom stereocenters. The van der Waals surface area contributed by atoms with Gasteiger partial charge in [0.1, 0.15) is 17.4 Å². The number of nitrogens with one attached hydrogen (secondary N) is 1. The van der Waals surface area contributed by atoms with Crippen LogP contribution in [0.25, 0.3) is 5.69 Å². The van der Waals surface area contributed by atoms with E-state index in [0.29, 0.717) is 35.7 Å². The third kappa shape index (κ3) is 2.71. The van der Waals surface area contributed by atoms with E-state index in [1.165, 1.54) is 4.68 Å². The number of fused-ring (bicyclic) bond motifs is 1. The van der Waals surface area contributed by atoms with Gasteiger partial charge in [-0.25, -0.2) is 4.68 Å². The van der Waals surface area contributed by atoms with Crippen molar-refractivity contribution < 1.29 is 9.47 Å². The van der Waals surface area contributed by atoms with Crippen molar-refractivity contribution in [2.75, 3.05) is 7.11 Å². The first-order valence-corrected chi connectivity index (χ1v) is 7.33. The zero-order valence-corrected chi connectivity index (χ0v) is 13.4. The quantitative estimate of drug-likeness (QED) is 0.920. The molecule has 118 valence electrons. The lowest BCUT2D eigenvalue weighted by atomic mass is 9.92. The molecule has 0 amide bonds. The zero-order valence-electron chi connectivity index (χ0n) is 13.4. The molecule has 2 heterocycles. The van der Waals surface area contributed by atoms with Crippen molar-refractivity contribution in [3.63, 3.8) is 0 Å². The maximum absolute atomic E-state index is 9.54. The van der Waals surface area contributed by atoms with Crippen LogP contribution in [0.4, 0.5) is 0 Å². The first-order valence-electron chi connectivity index (χ1n) is 7.33. The molecule has 6 nitrogen and oxygen atoms in total. The van der Waals surface area contributed by atoms with E-state index in [2.05, 4.69) is 11.2 Å². The van der Waals surface area contributed by atoms with Crippen molar-refractivity contribution in [3.05, 3.63) is 46.6 Å². The Morgan fingerprint density at radius 1 is 1.43 bits per heavy atom. The zero-order chi connectivity index (χ0) is 16.6. The molecule has 0 unspecified atom stereocenters. The van der Waals surface area contributed by atoms with Gasteiger partial charge in [-0.2, -0.15) is 10.4 Å². The second-order valence-electron chi connectivity index (χ2n) is 6.10. The summed E-state index contributed by atoms with van der Waals surface area (Å²) in [5.74, 6) is 0.671. The van der Waals surface area contributed by atoms with Crippen molar-refractivity contribution in [2.24, 2.45) is 0 Å². The second kappa shape index (κ2) is 5.52. The largest absolute Gasteiger partial charge is 0.497 e. The number of nitrogens with zero attached hydrogens (tertiary/aromatic N) is 3. The molecule has 23 heavy (non-hydrogen) atoms. The molecular formula is C17H18N4O2. The highest BCUT2D eigenvalue weighted by Crippen LogP contribution is 2.27. The van der Waals surface area contributed by atoms with Crippen LogP contribution in [0.3, 0.4) is 0 Å². The third-order valence-corrected chi connectivity index (χ3v) is 3.93. The van der Waals surface area contributed by atoms with Gasteiger partial charge in [0.2, 0.25) is 0 Å². The molecule has 0 bridgehead atoms. The smallest absolute Gasteiger partial charge is 0.164 e. The normalized spacial score (nSPS) is 15.6. The number of hydrogen-bond donors (Lipinski definition) is 1. The van der Waals surface area contributed by atoms with Crippen LogP contribution in [0.2, 0.25) is 0 Å². The first kappa shape index (κ1) is 15.3. The summed E-state index contributed by atoms with van der Waals surface area (Å²) in [5.41, 5.74) is 2.28. The molecule has 0 spiro atoms. The Hall–Kier alpha value is -2.65. The molecule has 1 aliphatic heterocycles. The highest BCUT2D eigenvalue weighted by molar-refractivity contribution is 5.43. The molecule has 0 saturated carbocycles. The molecule has 1 aliphatic rings. The maximum atomic E-state index is 9.54. The van der Waals surface area contributed by atoms with Gasteiger partial charge < -0.3 is 9.47 Å². The predicted molar refractivity (Wildman–Crippen MR) is 83.3 cm³/mol. The van der Waals surface area contributed by atoms with E-state index >= 15 is 0 Å². The summed E-state index contributed by atoms with van der Waals surface area (Å²) in [6, 6.07) is 9.43. The van der Waals surface area contributed by atoms with Crippen molar-refractivity contribution in [3.8, 4) is 17.5 Å². The van der Waals surface area contributed by atoms with Crippen LogP contribution in [0, 0.1) is 16.7 Å². The molecule has 2 aromatic rings. The SMILES string of the molecule is COc1cccc(-n2nc3c(c(C#N)c2=N)CC(C)(C)OC3)c1. The van der Waals surface area contributed by atoms with Crippen molar-refractivity contribution in [1.29, 1.82) is 10.7 Å². The lowest BCUT2D eigenvalue weighted by molar-refractivity contribution is -0.0428. The predicted octanol–water partition coefficient (Wildman–Crippen LogP) is 2.08. The van der Waals surface area contributed by atoms with Crippen molar-refractivity contribution >= 4 is 0 Å². The van der Waals surface area contributed by atoms with Crippen LogP contribution in [-0.2, 0) is 17.8 Å². The summed E-state index contributed by atoms with van der Waals surface area (Å²) in [4.78, 5) is 0. The molecule has 1 aromatic carbocycles. The average Bonchev–Trinajstić information content (AvgIpc) is 2.54. The molecule has 3 rings (SSSR count). The molecule has 1 N–H and O–H groups in total. The van der Waals surface area contributed by atoms with Gasteiger partial charge in [-0.15, -0.1) is 0 Å². The second-order valence-corrected chi connectivity index (χ2v) is 6.10. The van der Waals surface area contributed by atoms with E-state index in [4.69, 9.17) is 14.9 Å². The number of benzene rings is 1. The highest BCUT2D eigenvalue weighted by atomic mass is 16.5. The standard InChI is InChI=1S/C17H18N4O2/c1-17(2)8-13-14(9-18)16(19)21(20-15(13)10-23-17)11-5-4-6-12(7-11)22-3/h4-7,19H,8,10H2,1-3H3. The fraction of sp³-hybridized carbons (Fsp3) is 0.353. The first-order chi connectivity index (χ1) is 10.9. The molecule has 0 fully saturated rings. The van der Waals surface area contributed by atoms with Gasteiger partial charge in [0, 0.05) is 18.1 Å². The number of methoxy groups -OCH3 is 1. The van der Waals surface area contributed by atoms with E-state index in [9.17, 15) is 5.26 Å². The number of hydrogen-bond acceptors (Lipinski definition) is 5. The minimum Gasteiger partial charge on any atom is -0.497 e. The molecule has 0 saturated heterocycles. The van der Waals surface area contributed by atoms with E-state index in [0.717, 1.165) is 5.56 Å². The van der Waals surface area contributed by atoms with E-state index < -0.39 is 0 Å². The Bertz CT molecular complexity index is 862. The molecule has 6 heteroatoms. The van der Waals surface area contributed by atoms with Gasteiger partial charge in [0.15, 0.2) is 5.49 Å². The third-order valence-electron chi connectivity index (χ3n) is 3.93. The van der Waals surface area contributed by atoms with Gasteiger partial charge in [0.05, 0.1) is 30.7 Å². The summed E-state index contributed by atoms with van der Waals surface area (Å²) >= 11 is 0.